The van der Waals surface area contributed by atoms with E-state index in [4.69, 9.17) is 33.7 Å². The van der Waals surface area contributed by atoms with Crippen LogP contribution in [-0.4, -0.2) is 36.0 Å². The largest absolute Gasteiger partial charge is 0.481 e. The van der Waals surface area contributed by atoms with Gasteiger partial charge < -0.3 is 15.4 Å². The van der Waals surface area contributed by atoms with E-state index in [0.717, 1.165) is 19.4 Å². The van der Waals surface area contributed by atoms with E-state index in [9.17, 15) is 4.79 Å². The molecule has 6 heteroatoms. The lowest BCUT2D eigenvalue weighted by Gasteiger charge is -2.32. The molecule has 0 aromatic heterocycles. The van der Waals surface area contributed by atoms with E-state index in [2.05, 4.69) is 0 Å². The highest BCUT2D eigenvalue weighted by atomic mass is 35.5. The maximum absolute atomic E-state index is 12.3. The summed E-state index contributed by atoms with van der Waals surface area (Å²) in [6.45, 7) is 3.04. The van der Waals surface area contributed by atoms with Gasteiger partial charge in [0.05, 0.1) is 0 Å². The Bertz CT molecular complexity index is 476. The number of likely N-dealkylation sites (tertiary alicyclic amines) is 1. The van der Waals surface area contributed by atoms with Gasteiger partial charge in [-0.15, -0.1) is 0 Å². The van der Waals surface area contributed by atoms with Crippen LogP contribution in [0, 0.1) is 0 Å². The molecule has 0 spiro atoms. The van der Waals surface area contributed by atoms with Gasteiger partial charge >= 0.3 is 0 Å². The Balaban J connectivity index is 1.99. The first kappa shape index (κ1) is 15.4. The Kier molecular flexibility index (Phi) is 5.13. The topological polar surface area (TPSA) is 55.6 Å². The van der Waals surface area contributed by atoms with E-state index in [0.29, 0.717) is 22.3 Å². The molecule has 4 nitrogen and oxygen atoms in total. The number of nitrogens with zero attached hydrogens (tertiary/aromatic N) is 1. The van der Waals surface area contributed by atoms with Crippen LogP contribution in [0.15, 0.2) is 18.2 Å². The molecule has 1 saturated heterocycles. The lowest BCUT2D eigenvalue weighted by molar-refractivity contribution is -0.139. The van der Waals surface area contributed by atoms with Gasteiger partial charge in [0.15, 0.2) is 6.10 Å². The van der Waals surface area contributed by atoms with Crippen LogP contribution in [0.4, 0.5) is 0 Å². The number of rotatable bonds is 3. The maximum Gasteiger partial charge on any atom is 0.263 e. The Morgan fingerprint density at radius 3 is 2.65 bits per heavy atom. The van der Waals surface area contributed by atoms with Gasteiger partial charge in [-0.1, -0.05) is 23.2 Å². The molecule has 1 aliphatic heterocycles. The summed E-state index contributed by atoms with van der Waals surface area (Å²) in [5, 5.41) is 0.958. The highest BCUT2D eigenvalue weighted by molar-refractivity contribution is 6.34. The second-order valence-electron chi connectivity index (χ2n) is 5.05. The molecule has 0 bridgehead atoms. The molecule has 0 aliphatic carbocycles. The van der Waals surface area contributed by atoms with E-state index in [-0.39, 0.29) is 11.9 Å². The molecule has 1 aliphatic rings. The van der Waals surface area contributed by atoms with Crippen molar-refractivity contribution in [2.24, 2.45) is 5.73 Å². The molecule has 110 valence electrons. The highest BCUT2D eigenvalue weighted by Gasteiger charge is 2.26. The molecule has 1 heterocycles. The van der Waals surface area contributed by atoms with Crippen molar-refractivity contribution < 1.29 is 9.53 Å². The zero-order valence-corrected chi connectivity index (χ0v) is 12.8. The van der Waals surface area contributed by atoms with Gasteiger partial charge in [-0.2, -0.15) is 0 Å². The van der Waals surface area contributed by atoms with Crippen molar-refractivity contribution in [3.05, 3.63) is 28.2 Å². The van der Waals surface area contributed by atoms with Gasteiger partial charge in [-0.3, -0.25) is 4.79 Å². The van der Waals surface area contributed by atoms with Gasteiger partial charge in [0.2, 0.25) is 0 Å². The predicted octanol–water partition coefficient (Wildman–Crippen LogP) is 2.71. The number of nitrogens with two attached hydrogens (primary N) is 1. The smallest absolute Gasteiger partial charge is 0.263 e. The third-order valence-corrected chi connectivity index (χ3v) is 3.70. The van der Waals surface area contributed by atoms with Crippen LogP contribution in [0.2, 0.25) is 10.0 Å². The fourth-order valence-electron chi connectivity index (χ4n) is 2.32. The number of carbonyl (C=O) groups excluding carboxylic acids is 1. The molecule has 2 rings (SSSR count). The lowest BCUT2D eigenvalue weighted by Crippen LogP contribution is -2.49. The molecule has 0 saturated carbocycles. The number of hydrogen-bond acceptors (Lipinski definition) is 3. The van der Waals surface area contributed by atoms with Crippen LogP contribution in [0.3, 0.4) is 0 Å². The summed E-state index contributed by atoms with van der Waals surface area (Å²) in [5.41, 5.74) is 5.89. The standard InChI is InChI=1S/C14H18Cl2N2O2/c1-9(14(19)18-4-2-3-12(17)8-18)20-13-6-10(15)5-11(16)7-13/h5-7,9,12H,2-4,8,17H2,1H3. The molecule has 2 atom stereocenters. The van der Waals surface area contributed by atoms with Crippen molar-refractivity contribution in [2.45, 2.75) is 31.9 Å². The molecular formula is C14H18Cl2N2O2. The first-order valence-electron chi connectivity index (χ1n) is 6.63. The minimum Gasteiger partial charge on any atom is -0.481 e. The summed E-state index contributed by atoms with van der Waals surface area (Å²) in [6.07, 6.45) is 1.31. The molecule has 2 N–H and O–H groups in total. The van der Waals surface area contributed by atoms with Crippen LogP contribution in [0.25, 0.3) is 0 Å². The van der Waals surface area contributed by atoms with Gasteiger partial charge in [-0.05, 0) is 38.0 Å². The summed E-state index contributed by atoms with van der Waals surface area (Å²) in [5.74, 6) is 0.431. The molecule has 1 aromatic carbocycles. The molecule has 2 unspecified atom stereocenters. The first-order valence-corrected chi connectivity index (χ1v) is 7.38. The second-order valence-corrected chi connectivity index (χ2v) is 5.92. The van der Waals surface area contributed by atoms with Crippen LogP contribution in [0.5, 0.6) is 5.75 Å². The summed E-state index contributed by atoms with van der Waals surface area (Å²) < 4.78 is 5.63. The van der Waals surface area contributed by atoms with E-state index in [1.807, 2.05) is 0 Å². The van der Waals surface area contributed by atoms with Crippen molar-refractivity contribution in [3.8, 4) is 5.75 Å². The van der Waals surface area contributed by atoms with Gasteiger partial charge in [-0.25, -0.2) is 0 Å². The fourth-order valence-corrected chi connectivity index (χ4v) is 2.82. The third-order valence-electron chi connectivity index (χ3n) is 3.27. The van der Waals surface area contributed by atoms with Crippen molar-refractivity contribution in [2.75, 3.05) is 13.1 Å². The van der Waals surface area contributed by atoms with E-state index < -0.39 is 6.10 Å². The van der Waals surface area contributed by atoms with Crippen molar-refractivity contribution in [3.63, 3.8) is 0 Å². The Morgan fingerprint density at radius 1 is 1.40 bits per heavy atom. The molecule has 1 amide bonds. The zero-order chi connectivity index (χ0) is 14.7. The van der Waals surface area contributed by atoms with Gasteiger partial charge in [0, 0.05) is 29.2 Å². The number of halogens is 2. The van der Waals surface area contributed by atoms with Crippen LogP contribution in [0.1, 0.15) is 19.8 Å². The van der Waals surface area contributed by atoms with Crippen LogP contribution in [-0.2, 0) is 4.79 Å². The van der Waals surface area contributed by atoms with Gasteiger partial charge in [0.25, 0.3) is 5.91 Å². The van der Waals surface area contributed by atoms with E-state index >= 15 is 0 Å². The van der Waals surface area contributed by atoms with Crippen LogP contribution >= 0.6 is 23.2 Å². The number of carbonyl (C=O) groups is 1. The first-order chi connectivity index (χ1) is 9.45. The lowest BCUT2D eigenvalue weighted by atomic mass is 10.1. The summed E-state index contributed by atoms with van der Waals surface area (Å²) in [7, 11) is 0. The van der Waals surface area contributed by atoms with Crippen molar-refractivity contribution in [1.82, 2.24) is 4.90 Å². The minimum absolute atomic E-state index is 0.0560. The molecule has 1 fully saturated rings. The number of hydrogen-bond donors (Lipinski definition) is 1. The second kappa shape index (κ2) is 6.66. The predicted molar refractivity (Wildman–Crippen MR) is 80.3 cm³/mol. The molecule has 1 aromatic rings. The highest BCUT2D eigenvalue weighted by Crippen LogP contribution is 2.25. The van der Waals surface area contributed by atoms with Crippen LogP contribution < -0.4 is 10.5 Å². The average molecular weight is 317 g/mol. The number of amides is 1. The minimum atomic E-state index is -0.588. The van der Waals surface area contributed by atoms with Crippen molar-refractivity contribution >= 4 is 29.1 Å². The quantitative estimate of drug-likeness (QED) is 0.932. The fraction of sp³-hybridized carbons (Fsp3) is 0.500. The normalized spacial score (nSPS) is 20.6. The average Bonchev–Trinajstić information content (AvgIpc) is 2.36. The molecule has 20 heavy (non-hydrogen) atoms. The SMILES string of the molecule is CC(Oc1cc(Cl)cc(Cl)c1)C(=O)N1CCCC(N)C1. The Morgan fingerprint density at radius 2 is 2.05 bits per heavy atom. The number of benzene rings is 1. The van der Waals surface area contributed by atoms with E-state index in [1.165, 1.54) is 0 Å². The monoisotopic (exact) mass is 316 g/mol. The summed E-state index contributed by atoms with van der Waals surface area (Å²) in [6, 6.07) is 4.95. The Hall–Kier alpha value is -0.970. The molecular weight excluding hydrogens is 299 g/mol. The number of piperidine rings is 1. The molecule has 0 radical (unpaired) electrons. The third kappa shape index (κ3) is 4.01. The Labute approximate surface area is 128 Å². The van der Waals surface area contributed by atoms with E-state index in [1.54, 1.807) is 30.0 Å². The van der Waals surface area contributed by atoms with Gasteiger partial charge in [0.1, 0.15) is 5.75 Å². The maximum atomic E-state index is 12.3. The summed E-state index contributed by atoms with van der Waals surface area (Å²) in [4.78, 5) is 14.1. The number of ether oxygens (including phenoxy) is 1. The van der Waals surface area contributed by atoms with Crippen molar-refractivity contribution in [1.29, 1.82) is 0 Å². The summed E-state index contributed by atoms with van der Waals surface area (Å²) >= 11 is 11.8. The zero-order valence-electron chi connectivity index (χ0n) is 11.3.